The minimum atomic E-state index is -4.39. The summed E-state index contributed by atoms with van der Waals surface area (Å²) in [5.41, 5.74) is 1.66. The number of hydrogen-bond acceptors (Lipinski definition) is 5. The van der Waals surface area contributed by atoms with Crippen LogP contribution in [-0.4, -0.2) is 54.9 Å². The summed E-state index contributed by atoms with van der Waals surface area (Å²) in [6, 6.07) is 6.08. The van der Waals surface area contributed by atoms with E-state index in [0.717, 1.165) is 10.8 Å². The van der Waals surface area contributed by atoms with Crippen molar-refractivity contribution in [2.75, 3.05) is 37.7 Å². The van der Waals surface area contributed by atoms with Gasteiger partial charge < -0.3 is 19.9 Å². The lowest BCUT2D eigenvalue weighted by molar-refractivity contribution is -0.153. The monoisotopic (exact) mass is 414 g/mol. The lowest BCUT2D eigenvalue weighted by Gasteiger charge is -2.34. The van der Waals surface area contributed by atoms with Crippen molar-refractivity contribution in [1.29, 1.82) is 0 Å². The fourth-order valence-corrected chi connectivity index (χ4v) is 3.64. The molecule has 0 spiro atoms. The number of aryl methyl sites for hydroxylation is 1. The van der Waals surface area contributed by atoms with Crippen LogP contribution in [0.3, 0.4) is 0 Å². The van der Waals surface area contributed by atoms with E-state index in [4.69, 9.17) is 4.74 Å². The van der Waals surface area contributed by atoms with Gasteiger partial charge in [0.1, 0.15) is 5.75 Å². The van der Waals surface area contributed by atoms with Gasteiger partial charge >= 0.3 is 12.2 Å². The maximum absolute atomic E-state index is 12.4. The van der Waals surface area contributed by atoms with Crippen molar-refractivity contribution in [3.63, 3.8) is 0 Å². The molecule has 2 amide bonds. The van der Waals surface area contributed by atoms with Gasteiger partial charge in [-0.15, -0.1) is 11.3 Å². The summed E-state index contributed by atoms with van der Waals surface area (Å²) in [7, 11) is 0. The highest BCUT2D eigenvalue weighted by Crippen LogP contribution is 2.22. The van der Waals surface area contributed by atoms with Gasteiger partial charge in [-0.1, -0.05) is 12.1 Å². The van der Waals surface area contributed by atoms with Crippen molar-refractivity contribution in [2.45, 2.75) is 19.6 Å². The molecule has 1 saturated heterocycles. The first-order valence-corrected chi connectivity index (χ1v) is 9.66. The van der Waals surface area contributed by atoms with Crippen LogP contribution in [0.15, 0.2) is 29.6 Å². The SMILES string of the molecule is Cc1csc(N2CCN(C(=O)NCc3cccc(OCC(F)(F)F)c3)CC2)n1. The van der Waals surface area contributed by atoms with Gasteiger partial charge in [0.05, 0.1) is 5.69 Å². The number of rotatable bonds is 5. The normalized spacial score (nSPS) is 14.9. The predicted molar refractivity (Wildman–Crippen MR) is 101 cm³/mol. The lowest BCUT2D eigenvalue weighted by Crippen LogP contribution is -2.51. The molecule has 2 aromatic rings. The number of benzene rings is 1. The first kappa shape index (κ1) is 20.2. The summed E-state index contributed by atoms with van der Waals surface area (Å²) in [6.45, 7) is 3.41. The Labute approximate surface area is 164 Å². The van der Waals surface area contributed by atoms with Crippen LogP contribution in [-0.2, 0) is 6.54 Å². The molecule has 0 bridgehead atoms. The minimum absolute atomic E-state index is 0.122. The molecule has 10 heteroatoms. The summed E-state index contributed by atoms with van der Waals surface area (Å²) in [5, 5.41) is 5.77. The lowest BCUT2D eigenvalue weighted by atomic mass is 10.2. The number of urea groups is 1. The third kappa shape index (κ3) is 5.75. The maximum atomic E-state index is 12.4. The van der Waals surface area contributed by atoms with Crippen molar-refractivity contribution in [2.24, 2.45) is 0 Å². The third-order valence-corrected chi connectivity index (χ3v) is 5.21. The largest absolute Gasteiger partial charge is 0.484 e. The summed E-state index contributed by atoms with van der Waals surface area (Å²) in [5.74, 6) is 0.122. The molecule has 6 nitrogen and oxygen atoms in total. The Morgan fingerprint density at radius 1 is 1.29 bits per heavy atom. The average molecular weight is 414 g/mol. The Kier molecular flexibility index (Phi) is 6.28. The van der Waals surface area contributed by atoms with Crippen LogP contribution in [0.25, 0.3) is 0 Å². The first-order valence-electron chi connectivity index (χ1n) is 8.78. The average Bonchev–Trinajstić information content (AvgIpc) is 3.11. The Morgan fingerprint density at radius 2 is 2.04 bits per heavy atom. The van der Waals surface area contributed by atoms with Crippen LogP contribution in [0.1, 0.15) is 11.3 Å². The Balaban J connectivity index is 1.46. The second-order valence-corrected chi connectivity index (χ2v) is 7.29. The number of thiazole rings is 1. The smallest absolute Gasteiger partial charge is 0.422 e. The topological polar surface area (TPSA) is 57.7 Å². The summed E-state index contributed by atoms with van der Waals surface area (Å²) in [4.78, 5) is 20.7. The molecule has 2 heterocycles. The number of piperazine rings is 1. The van der Waals surface area contributed by atoms with E-state index in [1.54, 1.807) is 28.4 Å². The minimum Gasteiger partial charge on any atom is -0.484 e. The number of nitrogens with one attached hydrogen (secondary N) is 1. The van der Waals surface area contributed by atoms with E-state index in [-0.39, 0.29) is 18.3 Å². The van der Waals surface area contributed by atoms with Crippen LogP contribution in [0.2, 0.25) is 0 Å². The zero-order valence-corrected chi connectivity index (χ0v) is 16.1. The van der Waals surface area contributed by atoms with E-state index in [2.05, 4.69) is 15.2 Å². The predicted octanol–water partition coefficient (Wildman–Crippen LogP) is 3.42. The zero-order chi connectivity index (χ0) is 20.1. The van der Waals surface area contributed by atoms with E-state index in [1.807, 2.05) is 12.3 Å². The highest BCUT2D eigenvalue weighted by Gasteiger charge is 2.28. The zero-order valence-electron chi connectivity index (χ0n) is 15.3. The van der Waals surface area contributed by atoms with Crippen LogP contribution < -0.4 is 15.0 Å². The van der Waals surface area contributed by atoms with E-state index in [0.29, 0.717) is 31.7 Å². The number of ether oxygens (including phenoxy) is 1. The van der Waals surface area contributed by atoms with Gasteiger partial charge in [0, 0.05) is 38.1 Å². The molecule has 1 N–H and O–H groups in total. The molecule has 0 unspecified atom stereocenters. The molecule has 0 aliphatic carbocycles. The van der Waals surface area contributed by atoms with Gasteiger partial charge in [-0.05, 0) is 24.6 Å². The van der Waals surface area contributed by atoms with Crippen molar-refractivity contribution in [3.05, 3.63) is 40.9 Å². The van der Waals surface area contributed by atoms with Crippen LogP contribution in [0, 0.1) is 6.92 Å². The molecular formula is C18H21F3N4O2S. The quantitative estimate of drug-likeness (QED) is 0.815. The van der Waals surface area contributed by atoms with Gasteiger partial charge in [-0.25, -0.2) is 9.78 Å². The fraction of sp³-hybridized carbons (Fsp3) is 0.444. The Morgan fingerprint density at radius 3 is 2.68 bits per heavy atom. The highest BCUT2D eigenvalue weighted by atomic mass is 32.1. The Bertz CT molecular complexity index is 804. The number of aromatic nitrogens is 1. The fourth-order valence-electron chi connectivity index (χ4n) is 2.79. The molecule has 0 saturated carbocycles. The van der Waals surface area contributed by atoms with Gasteiger partial charge in [-0.2, -0.15) is 13.2 Å². The molecule has 1 aromatic heterocycles. The molecule has 1 aromatic carbocycles. The van der Waals surface area contributed by atoms with Crippen molar-refractivity contribution in [3.8, 4) is 5.75 Å². The van der Waals surface area contributed by atoms with Crippen molar-refractivity contribution >= 4 is 22.5 Å². The van der Waals surface area contributed by atoms with Gasteiger partial charge in [0.25, 0.3) is 0 Å². The molecule has 1 aliphatic heterocycles. The summed E-state index contributed by atoms with van der Waals surface area (Å²) >= 11 is 1.59. The standard InChI is InChI=1S/C18H21F3N4O2S/c1-13-11-28-17(23-13)25-7-5-24(6-8-25)16(26)22-10-14-3-2-4-15(9-14)27-12-18(19,20)21/h2-4,9,11H,5-8,10,12H2,1H3,(H,22,26). The molecule has 1 fully saturated rings. The van der Waals surface area contributed by atoms with Gasteiger partial charge in [0.15, 0.2) is 11.7 Å². The number of halogens is 3. The Hall–Kier alpha value is -2.49. The van der Waals surface area contributed by atoms with Gasteiger partial charge in [0.2, 0.25) is 0 Å². The number of hydrogen-bond donors (Lipinski definition) is 1. The number of alkyl halides is 3. The van der Waals surface area contributed by atoms with E-state index in [1.165, 1.54) is 12.1 Å². The molecule has 28 heavy (non-hydrogen) atoms. The molecular weight excluding hydrogens is 393 g/mol. The molecule has 1 aliphatic rings. The number of nitrogens with zero attached hydrogens (tertiary/aromatic N) is 3. The highest BCUT2D eigenvalue weighted by molar-refractivity contribution is 7.13. The van der Waals surface area contributed by atoms with E-state index >= 15 is 0 Å². The molecule has 0 radical (unpaired) electrons. The summed E-state index contributed by atoms with van der Waals surface area (Å²) < 4.78 is 41.5. The second-order valence-electron chi connectivity index (χ2n) is 6.46. The number of carbonyl (C=O) groups excluding carboxylic acids is 1. The molecule has 152 valence electrons. The van der Waals surface area contributed by atoms with Crippen LogP contribution in [0.4, 0.5) is 23.1 Å². The van der Waals surface area contributed by atoms with Crippen molar-refractivity contribution in [1.82, 2.24) is 15.2 Å². The number of carbonyl (C=O) groups is 1. The number of amides is 2. The second kappa shape index (κ2) is 8.68. The molecule has 3 rings (SSSR count). The first-order chi connectivity index (χ1) is 13.3. The van der Waals surface area contributed by atoms with E-state index < -0.39 is 12.8 Å². The van der Waals surface area contributed by atoms with Crippen LogP contribution in [0.5, 0.6) is 5.75 Å². The number of anilines is 1. The van der Waals surface area contributed by atoms with E-state index in [9.17, 15) is 18.0 Å². The van der Waals surface area contributed by atoms with Crippen LogP contribution >= 0.6 is 11.3 Å². The molecule has 0 atom stereocenters. The van der Waals surface area contributed by atoms with Crippen molar-refractivity contribution < 1.29 is 22.7 Å². The maximum Gasteiger partial charge on any atom is 0.422 e. The van der Waals surface area contributed by atoms with Gasteiger partial charge in [-0.3, -0.25) is 0 Å². The summed E-state index contributed by atoms with van der Waals surface area (Å²) in [6.07, 6.45) is -4.39. The third-order valence-electron chi connectivity index (χ3n) is 4.19.